The number of rotatable bonds is 2. The lowest BCUT2D eigenvalue weighted by Crippen LogP contribution is -2.18. The number of carbonyl (C=O) groups is 1. The third-order valence-corrected chi connectivity index (χ3v) is 2.76. The summed E-state index contributed by atoms with van der Waals surface area (Å²) >= 11 is 0. The molecule has 18 heavy (non-hydrogen) atoms. The molecule has 94 valence electrons. The lowest BCUT2D eigenvalue weighted by Gasteiger charge is -2.09. The molecule has 5 nitrogen and oxygen atoms in total. The second-order valence-electron chi connectivity index (χ2n) is 4.19. The summed E-state index contributed by atoms with van der Waals surface area (Å²) in [5.74, 6) is -0.141. The minimum absolute atomic E-state index is 0.141. The SMILES string of the molecule is CNC(=O)c1ccc(N)c(-n2nc(C)cc2C)c1. The standard InChI is InChI=1S/C13H16N4O/c1-8-6-9(2)17(16-8)12-7-10(13(18)15-3)4-5-11(12)14/h4-7H,14H2,1-3H3,(H,15,18). The van der Waals surface area contributed by atoms with E-state index in [9.17, 15) is 4.79 Å². The molecule has 0 saturated carbocycles. The maximum absolute atomic E-state index is 11.6. The van der Waals surface area contributed by atoms with Crippen molar-refractivity contribution in [1.29, 1.82) is 0 Å². The maximum Gasteiger partial charge on any atom is 0.251 e. The van der Waals surface area contributed by atoms with Crippen molar-refractivity contribution in [2.45, 2.75) is 13.8 Å². The molecule has 0 bridgehead atoms. The Kier molecular flexibility index (Phi) is 3.06. The molecule has 0 atom stereocenters. The van der Waals surface area contributed by atoms with Gasteiger partial charge in [0.1, 0.15) is 0 Å². The average Bonchev–Trinajstić information content (AvgIpc) is 2.68. The van der Waals surface area contributed by atoms with Gasteiger partial charge in [0.05, 0.1) is 17.1 Å². The second-order valence-corrected chi connectivity index (χ2v) is 4.19. The van der Waals surface area contributed by atoms with Crippen LogP contribution in [0.1, 0.15) is 21.7 Å². The van der Waals surface area contributed by atoms with E-state index in [4.69, 9.17) is 5.73 Å². The summed E-state index contributed by atoms with van der Waals surface area (Å²) in [6.45, 7) is 3.87. The van der Waals surface area contributed by atoms with Gasteiger partial charge in [0.15, 0.2) is 0 Å². The third-order valence-electron chi connectivity index (χ3n) is 2.76. The van der Waals surface area contributed by atoms with Crippen molar-refractivity contribution >= 4 is 11.6 Å². The quantitative estimate of drug-likeness (QED) is 0.785. The summed E-state index contributed by atoms with van der Waals surface area (Å²) in [5.41, 5.74) is 9.72. The maximum atomic E-state index is 11.6. The summed E-state index contributed by atoms with van der Waals surface area (Å²) in [6.07, 6.45) is 0. The van der Waals surface area contributed by atoms with E-state index in [1.54, 1.807) is 29.9 Å². The van der Waals surface area contributed by atoms with Crippen molar-refractivity contribution in [3.63, 3.8) is 0 Å². The van der Waals surface area contributed by atoms with Crippen molar-refractivity contribution in [1.82, 2.24) is 15.1 Å². The Bertz CT molecular complexity index is 601. The predicted octanol–water partition coefficient (Wildman–Crippen LogP) is 1.43. The molecule has 2 aromatic rings. The molecule has 1 aromatic carbocycles. The number of aromatic nitrogens is 2. The Labute approximate surface area is 106 Å². The van der Waals surface area contributed by atoms with E-state index in [2.05, 4.69) is 10.4 Å². The first-order chi connectivity index (χ1) is 8.52. The number of anilines is 1. The number of nitrogens with two attached hydrogens (primary N) is 1. The van der Waals surface area contributed by atoms with Gasteiger partial charge in [-0.1, -0.05) is 0 Å². The van der Waals surface area contributed by atoms with Gasteiger partial charge in [-0.15, -0.1) is 0 Å². The summed E-state index contributed by atoms with van der Waals surface area (Å²) in [7, 11) is 1.60. The molecule has 0 unspecified atom stereocenters. The monoisotopic (exact) mass is 244 g/mol. The van der Waals surface area contributed by atoms with Gasteiger partial charge in [-0.2, -0.15) is 5.10 Å². The van der Waals surface area contributed by atoms with Crippen LogP contribution in [0.3, 0.4) is 0 Å². The highest BCUT2D eigenvalue weighted by atomic mass is 16.1. The van der Waals surface area contributed by atoms with E-state index in [0.29, 0.717) is 11.3 Å². The van der Waals surface area contributed by atoms with Crippen LogP contribution in [0.25, 0.3) is 5.69 Å². The van der Waals surface area contributed by atoms with Crippen LogP contribution in [-0.2, 0) is 0 Å². The van der Waals surface area contributed by atoms with Crippen molar-refractivity contribution in [3.05, 3.63) is 41.2 Å². The van der Waals surface area contributed by atoms with E-state index in [1.165, 1.54) is 0 Å². The van der Waals surface area contributed by atoms with Crippen LogP contribution >= 0.6 is 0 Å². The highest BCUT2D eigenvalue weighted by Gasteiger charge is 2.11. The van der Waals surface area contributed by atoms with Crippen LogP contribution in [0.4, 0.5) is 5.69 Å². The number of nitrogens with one attached hydrogen (secondary N) is 1. The molecular weight excluding hydrogens is 228 g/mol. The predicted molar refractivity (Wildman–Crippen MR) is 70.8 cm³/mol. The smallest absolute Gasteiger partial charge is 0.251 e. The topological polar surface area (TPSA) is 72.9 Å². The number of nitrogen functional groups attached to an aromatic ring is 1. The van der Waals surface area contributed by atoms with E-state index in [1.807, 2.05) is 19.9 Å². The van der Waals surface area contributed by atoms with Crippen LogP contribution in [-0.4, -0.2) is 22.7 Å². The molecule has 5 heteroatoms. The largest absolute Gasteiger partial charge is 0.397 e. The van der Waals surface area contributed by atoms with Crippen molar-refractivity contribution in [3.8, 4) is 5.69 Å². The highest BCUT2D eigenvalue weighted by molar-refractivity contribution is 5.95. The number of carbonyl (C=O) groups excluding carboxylic acids is 1. The Balaban J connectivity index is 2.56. The minimum Gasteiger partial charge on any atom is -0.397 e. The normalized spacial score (nSPS) is 10.4. The summed E-state index contributed by atoms with van der Waals surface area (Å²) < 4.78 is 1.75. The minimum atomic E-state index is -0.141. The average molecular weight is 244 g/mol. The lowest BCUT2D eigenvalue weighted by molar-refractivity contribution is 0.0963. The fraction of sp³-hybridized carbons (Fsp3) is 0.231. The number of benzene rings is 1. The van der Waals surface area contributed by atoms with Gasteiger partial charge in [0.2, 0.25) is 0 Å². The fourth-order valence-corrected chi connectivity index (χ4v) is 1.89. The Morgan fingerprint density at radius 3 is 2.61 bits per heavy atom. The Hall–Kier alpha value is -2.30. The van der Waals surface area contributed by atoms with Crippen molar-refractivity contribution in [2.24, 2.45) is 0 Å². The van der Waals surface area contributed by atoms with Gasteiger partial charge < -0.3 is 11.1 Å². The van der Waals surface area contributed by atoms with Crippen LogP contribution in [0.15, 0.2) is 24.3 Å². The van der Waals surface area contributed by atoms with Gasteiger partial charge in [-0.05, 0) is 38.1 Å². The Morgan fingerprint density at radius 2 is 2.06 bits per heavy atom. The molecular formula is C13H16N4O. The molecule has 2 rings (SSSR count). The molecule has 0 aliphatic carbocycles. The van der Waals surface area contributed by atoms with Crippen LogP contribution < -0.4 is 11.1 Å². The van der Waals surface area contributed by atoms with Crippen molar-refractivity contribution < 1.29 is 4.79 Å². The Morgan fingerprint density at radius 1 is 1.33 bits per heavy atom. The molecule has 0 fully saturated rings. The first kappa shape index (κ1) is 12.2. The second kappa shape index (κ2) is 4.52. The van der Waals surface area contributed by atoms with Crippen molar-refractivity contribution in [2.75, 3.05) is 12.8 Å². The molecule has 0 aliphatic rings. The fourth-order valence-electron chi connectivity index (χ4n) is 1.89. The number of hydrogen-bond acceptors (Lipinski definition) is 3. The molecule has 1 amide bonds. The molecule has 0 spiro atoms. The first-order valence-electron chi connectivity index (χ1n) is 5.68. The third kappa shape index (κ3) is 2.07. The summed E-state index contributed by atoms with van der Waals surface area (Å²) in [6, 6.07) is 7.12. The van der Waals surface area contributed by atoms with Gasteiger partial charge in [0, 0.05) is 18.3 Å². The number of aryl methyl sites for hydroxylation is 2. The molecule has 1 aromatic heterocycles. The van der Waals surface area contributed by atoms with E-state index in [0.717, 1.165) is 17.1 Å². The lowest BCUT2D eigenvalue weighted by atomic mass is 10.1. The van der Waals surface area contributed by atoms with E-state index in [-0.39, 0.29) is 5.91 Å². The zero-order valence-electron chi connectivity index (χ0n) is 10.7. The van der Waals surface area contributed by atoms with Crippen LogP contribution in [0.5, 0.6) is 0 Å². The van der Waals surface area contributed by atoms with Gasteiger partial charge in [-0.25, -0.2) is 4.68 Å². The molecule has 0 saturated heterocycles. The summed E-state index contributed by atoms with van der Waals surface area (Å²) in [4.78, 5) is 11.6. The van der Waals surface area contributed by atoms with Crippen LogP contribution in [0, 0.1) is 13.8 Å². The van der Waals surface area contributed by atoms with E-state index >= 15 is 0 Å². The first-order valence-corrected chi connectivity index (χ1v) is 5.68. The molecule has 0 radical (unpaired) electrons. The van der Waals surface area contributed by atoms with Gasteiger partial charge in [-0.3, -0.25) is 4.79 Å². The summed E-state index contributed by atoms with van der Waals surface area (Å²) in [5, 5.41) is 6.96. The van der Waals surface area contributed by atoms with E-state index < -0.39 is 0 Å². The van der Waals surface area contributed by atoms with Crippen LogP contribution in [0.2, 0.25) is 0 Å². The van der Waals surface area contributed by atoms with Gasteiger partial charge in [0.25, 0.3) is 5.91 Å². The number of amides is 1. The highest BCUT2D eigenvalue weighted by Crippen LogP contribution is 2.20. The zero-order chi connectivity index (χ0) is 13.3. The molecule has 1 heterocycles. The molecule has 3 N–H and O–H groups in total. The number of nitrogens with zero attached hydrogens (tertiary/aromatic N) is 2. The molecule has 0 aliphatic heterocycles. The van der Waals surface area contributed by atoms with Gasteiger partial charge >= 0.3 is 0 Å². The zero-order valence-corrected chi connectivity index (χ0v) is 10.7. The number of hydrogen-bond donors (Lipinski definition) is 2.